The van der Waals surface area contributed by atoms with Gasteiger partial charge < -0.3 is 15.8 Å². The molecule has 1 aromatic heterocycles. The fourth-order valence-electron chi connectivity index (χ4n) is 2.03. The van der Waals surface area contributed by atoms with Crippen LogP contribution in [0.15, 0.2) is 32.5 Å². The summed E-state index contributed by atoms with van der Waals surface area (Å²) in [7, 11) is 0. The molecule has 140 valence electrons. The Morgan fingerprint density at radius 1 is 1.38 bits per heavy atom. The number of halogens is 2. The zero-order valence-corrected chi connectivity index (χ0v) is 16.1. The molecule has 26 heavy (non-hydrogen) atoms. The van der Waals surface area contributed by atoms with Crippen LogP contribution in [0.4, 0.5) is 15.9 Å². The Balaban J connectivity index is 1.53. The highest BCUT2D eigenvalue weighted by atomic mass is 79.9. The second-order valence-corrected chi connectivity index (χ2v) is 7.70. The summed E-state index contributed by atoms with van der Waals surface area (Å²) in [5.74, 6) is 0.00736. The van der Waals surface area contributed by atoms with Crippen LogP contribution >= 0.6 is 27.9 Å². The zero-order valence-electron chi connectivity index (χ0n) is 13.7. The Morgan fingerprint density at radius 3 is 2.96 bits per heavy atom. The van der Waals surface area contributed by atoms with Crippen LogP contribution in [0.25, 0.3) is 0 Å². The monoisotopic (exact) mass is 444 g/mol. The molecule has 1 aliphatic carbocycles. The van der Waals surface area contributed by atoms with Gasteiger partial charge in [-0.1, -0.05) is 17.1 Å². The van der Waals surface area contributed by atoms with Crippen molar-refractivity contribution >= 4 is 45.2 Å². The van der Waals surface area contributed by atoms with E-state index in [1.807, 2.05) is 0 Å². The molecule has 4 N–H and O–H groups in total. The number of benzene rings is 1. The molecular weight excluding hydrogens is 427 g/mol. The Bertz CT molecular complexity index is 770. The second kappa shape index (κ2) is 9.19. The van der Waals surface area contributed by atoms with Gasteiger partial charge in [0.05, 0.1) is 4.47 Å². The number of hydrogen-bond donors (Lipinski definition) is 4. The minimum atomic E-state index is -0.392. The molecule has 2 aromatic rings. The summed E-state index contributed by atoms with van der Waals surface area (Å²) in [6, 6.07) is 4.31. The Labute approximate surface area is 162 Å². The maximum absolute atomic E-state index is 13.3. The van der Waals surface area contributed by atoms with Crippen LogP contribution in [0.5, 0.6) is 0 Å². The number of nitrogens with zero attached hydrogens (tertiary/aromatic N) is 3. The summed E-state index contributed by atoms with van der Waals surface area (Å²) in [5, 5.41) is 26.8. The predicted molar refractivity (Wildman–Crippen MR) is 102 cm³/mol. The van der Waals surface area contributed by atoms with Crippen molar-refractivity contribution in [3.8, 4) is 0 Å². The number of amidine groups is 1. The van der Waals surface area contributed by atoms with Crippen LogP contribution in [0.2, 0.25) is 0 Å². The van der Waals surface area contributed by atoms with E-state index in [1.165, 1.54) is 31.0 Å². The van der Waals surface area contributed by atoms with Crippen molar-refractivity contribution in [2.75, 3.05) is 23.7 Å². The van der Waals surface area contributed by atoms with E-state index in [4.69, 9.17) is 4.63 Å². The van der Waals surface area contributed by atoms with Gasteiger partial charge in [0.1, 0.15) is 5.82 Å². The number of rotatable bonds is 9. The second-order valence-electron chi connectivity index (χ2n) is 5.66. The molecule has 0 spiro atoms. The topological polar surface area (TPSA) is 108 Å². The smallest absolute Gasteiger partial charge is 0.203 e. The number of anilines is 2. The largest absolute Gasteiger partial charge is 0.409 e. The van der Waals surface area contributed by atoms with E-state index in [-0.39, 0.29) is 16.0 Å². The average molecular weight is 445 g/mol. The maximum Gasteiger partial charge on any atom is 0.203 e. The molecule has 1 heterocycles. The van der Waals surface area contributed by atoms with Gasteiger partial charge in [0.2, 0.25) is 11.7 Å². The summed E-state index contributed by atoms with van der Waals surface area (Å²) in [4.78, 5) is 0. The molecule has 0 atom stereocenters. The van der Waals surface area contributed by atoms with Crippen molar-refractivity contribution in [3.05, 3.63) is 34.2 Å². The lowest BCUT2D eigenvalue weighted by molar-refractivity contribution is 0.305. The lowest BCUT2D eigenvalue weighted by atomic mass is 10.3. The highest BCUT2D eigenvalue weighted by Gasteiger charge is 2.21. The third kappa shape index (κ3) is 5.32. The number of nitrogens with one attached hydrogen (secondary N) is 3. The van der Waals surface area contributed by atoms with Gasteiger partial charge in [-0.2, -0.15) is 0 Å². The summed E-state index contributed by atoms with van der Waals surface area (Å²) in [6.45, 7) is 1.53. The van der Waals surface area contributed by atoms with E-state index in [1.54, 1.807) is 11.9 Å². The third-order valence-electron chi connectivity index (χ3n) is 3.52. The van der Waals surface area contributed by atoms with Crippen LogP contribution in [0.1, 0.15) is 25.0 Å². The number of oxime groups is 1. The van der Waals surface area contributed by atoms with Crippen molar-refractivity contribution in [3.63, 3.8) is 0 Å². The molecule has 11 heteroatoms. The van der Waals surface area contributed by atoms with Gasteiger partial charge in [0.25, 0.3) is 0 Å². The van der Waals surface area contributed by atoms with E-state index >= 15 is 0 Å². The van der Waals surface area contributed by atoms with E-state index in [9.17, 15) is 9.60 Å². The van der Waals surface area contributed by atoms with Crippen molar-refractivity contribution in [2.24, 2.45) is 5.16 Å². The van der Waals surface area contributed by atoms with Gasteiger partial charge in [-0.3, -0.25) is 4.72 Å². The summed E-state index contributed by atoms with van der Waals surface area (Å²) >= 11 is 4.89. The van der Waals surface area contributed by atoms with Crippen molar-refractivity contribution in [2.45, 2.75) is 24.5 Å². The van der Waals surface area contributed by atoms with E-state index in [0.717, 1.165) is 18.2 Å². The molecule has 0 bridgehead atoms. The maximum atomic E-state index is 13.3. The highest BCUT2D eigenvalue weighted by molar-refractivity contribution is 9.10. The quantitative estimate of drug-likeness (QED) is 0.116. The minimum Gasteiger partial charge on any atom is -0.409 e. The fraction of sp³-hybridized carbons (Fsp3) is 0.400. The fourth-order valence-corrected chi connectivity index (χ4v) is 3.28. The van der Waals surface area contributed by atoms with E-state index < -0.39 is 5.82 Å². The number of aromatic nitrogens is 2. The number of hydrogen-bond acceptors (Lipinski definition) is 8. The normalized spacial score (nSPS) is 14.5. The molecule has 1 saturated carbocycles. The molecule has 3 rings (SSSR count). The van der Waals surface area contributed by atoms with Crippen LogP contribution in [0, 0.1) is 5.82 Å². The van der Waals surface area contributed by atoms with Gasteiger partial charge in [-0.15, -0.1) is 0 Å². The first-order valence-electron chi connectivity index (χ1n) is 8.07. The molecule has 0 saturated heterocycles. The van der Waals surface area contributed by atoms with Crippen molar-refractivity contribution in [1.29, 1.82) is 0 Å². The highest BCUT2D eigenvalue weighted by Crippen LogP contribution is 2.31. The first kappa shape index (κ1) is 18.9. The summed E-state index contributed by atoms with van der Waals surface area (Å²) in [6.07, 6.45) is 3.48. The van der Waals surface area contributed by atoms with Gasteiger partial charge in [0.15, 0.2) is 5.69 Å². The van der Waals surface area contributed by atoms with Crippen molar-refractivity contribution < 1.29 is 14.2 Å². The Hall–Kier alpha value is -1.85. The third-order valence-corrected chi connectivity index (χ3v) is 5.30. The molecule has 8 nitrogen and oxygen atoms in total. The Kier molecular flexibility index (Phi) is 6.69. The molecule has 1 aliphatic rings. The van der Waals surface area contributed by atoms with Crippen LogP contribution < -0.4 is 15.4 Å². The van der Waals surface area contributed by atoms with Crippen LogP contribution in [-0.4, -0.2) is 39.7 Å². The molecule has 0 radical (unpaired) electrons. The molecule has 0 aliphatic heterocycles. The van der Waals surface area contributed by atoms with Crippen LogP contribution in [0.3, 0.4) is 0 Å². The molecular formula is C15H18BrFN6O2S. The molecule has 0 unspecified atom stereocenters. The lowest BCUT2D eigenvalue weighted by Gasteiger charge is -2.08. The van der Waals surface area contributed by atoms with E-state index in [0.29, 0.717) is 18.1 Å². The zero-order chi connectivity index (χ0) is 18.4. The van der Waals surface area contributed by atoms with Crippen LogP contribution in [-0.2, 0) is 0 Å². The molecule has 1 aromatic carbocycles. The minimum absolute atomic E-state index is 0.0367. The Morgan fingerprint density at radius 2 is 2.23 bits per heavy atom. The molecule has 0 amide bonds. The van der Waals surface area contributed by atoms with Gasteiger partial charge >= 0.3 is 0 Å². The first-order chi connectivity index (χ1) is 12.7. The first-order valence-corrected chi connectivity index (χ1v) is 9.74. The summed E-state index contributed by atoms with van der Waals surface area (Å²) < 4.78 is 21.7. The lowest BCUT2D eigenvalue weighted by Crippen LogP contribution is -2.18. The SMILES string of the molecule is O/N=C(\Nc1ccc(F)c(Br)c1)c1nonc1NCCCNSC1CC1. The standard InChI is InChI=1S/C15H18BrFN6O2S/c16-11-8-9(2-5-12(11)17)20-15(21-24)13-14(23-25-22-13)18-6-1-7-19-26-10-3-4-10/h2,5,8,10,19,24H,1,3-4,6-7H2,(H,18,23)(H,20,21). The van der Waals surface area contributed by atoms with Gasteiger partial charge in [-0.25, -0.2) is 9.02 Å². The van der Waals surface area contributed by atoms with Gasteiger partial charge in [0, 0.05) is 24.0 Å². The predicted octanol–water partition coefficient (Wildman–Crippen LogP) is 3.42. The van der Waals surface area contributed by atoms with Crippen molar-refractivity contribution in [1.82, 2.24) is 15.0 Å². The summed E-state index contributed by atoms with van der Waals surface area (Å²) in [5.41, 5.74) is 0.745. The van der Waals surface area contributed by atoms with E-state index in [2.05, 4.69) is 46.8 Å². The van der Waals surface area contributed by atoms with Gasteiger partial charge in [-0.05, 0) is 63.7 Å². The average Bonchev–Trinajstić information content (AvgIpc) is 3.35. The molecule has 1 fully saturated rings.